The molecule has 23 heavy (non-hydrogen) atoms. The van der Waals surface area contributed by atoms with Gasteiger partial charge in [-0.2, -0.15) is 0 Å². The van der Waals surface area contributed by atoms with E-state index in [1.807, 2.05) is 30.3 Å². The molecule has 0 saturated heterocycles. The maximum absolute atomic E-state index is 12.1. The van der Waals surface area contributed by atoms with E-state index in [-0.39, 0.29) is 5.56 Å². The van der Waals surface area contributed by atoms with Gasteiger partial charge in [0.25, 0.3) is 0 Å². The van der Waals surface area contributed by atoms with Gasteiger partial charge in [0.15, 0.2) is 0 Å². The number of nitrogens with zero attached hydrogens (tertiary/aromatic N) is 1. The largest absolute Gasteiger partial charge is 0.478 e. The third-order valence-corrected chi connectivity index (χ3v) is 3.32. The molecular formula is C18H19NO4. The molecular weight excluding hydrogens is 294 g/mol. The van der Waals surface area contributed by atoms with Crippen molar-refractivity contribution in [1.82, 2.24) is 4.90 Å². The predicted molar refractivity (Wildman–Crippen MR) is 86.1 cm³/mol. The van der Waals surface area contributed by atoms with Crippen molar-refractivity contribution in [3.8, 4) is 0 Å². The fourth-order valence-corrected chi connectivity index (χ4v) is 2.18. The molecule has 1 amide bonds. The first-order valence-electron chi connectivity index (χ1n) is 7.38. The van der Waals surface area contributed by atoms with Crippen molar-refractivity contribution >= 4 is 12.1 Å². The average Bonchev–Trinajstić information content (AvgIpc) is 2.56. The Morgan fingerprint density at radius 2 is 1.52 bits per heavy atom. The number of carboxylic acids is 1. The van der Waals surface area contributed by atoms with Gasteiger partial charge in [0.1, 0.15) is 0 Å². The van der Waals surface area contributed by atoms with Crippen LogP contribution >= 0.6 is 0 Å². The first-order chi connectivity index (χ1) is 11.1. The standard InChI is InChI=1S/C18H19NO4/c1-2-23-18(22)19(12-14-6-4-3-5-7-14)13-15-8-10-16(11-9-15)17(20)21/h3-11H,2,12-13H2,1H3,(H,20,21). The van der Waals surface area contributed by atoms with Gasteiger partial charge >= 0.3 is 12.1 Å². The molecule has 0 radical (unpaired) electrons. The molecule has 0 aliphatic carbocycles. The fraction of sp³-hybridized carbons (Fsp3) is 0.222. The molecule has 0 saturated carbocycles. The van der Waals surface area contributed by atoms with Crippen LogP contribution < -0.4 is 0 Å². The highest BCUT2D eigenvalue weighted by Crippen LogP contribution is 2.13. The number of ether oxygens (including phenoxy) is 1. The van der Waals surface area contributed by atoms with Crippen molar-refractivity contribution in [3.05, 3.63) is 71.3 Å². The summed E-state index contributed by atoms with van der Waals surface area (Å²) in [6, 6.07) is 16.1. The van der Waals surface area contributed by atoms with Crippen LogP contribution in [-0.2, 0) is 17.8 Å². The smallest absolute Gasteiger partial charge is 0.410 e. The van der Waals surface area contributed by atoms with Gasteiger partial charge in [-0.05, 0) is 30.2 Å². The lowest BCUT2D eigenvalue weighted by atomic mass is 10.1. The third-order valence-electron chi connectivity index (χ3n) is 3.32. The number of rotatable bonds is 6. The van der Waals surface area contributed by atoms with Crippen LogP contribution in [-0.4, -0.2) is 28.7 Å². The number of carboxylic acid groups (broad SMARTS) is 1. The number of amides is 1. The zero-order chi connectivity index (χ0) is 16.7. The molecule has 5 heteroatoms. The lowest BCUT2D eigenvalue weighted by Gasteiger charge is -2.22. The molecule has 120 valence electrons. The molecule has 0 aromatic heterocycles. The minimum absolute atomic E-state index is 0.222. The fourth-order valence-electron chi connectivity index (χ4n) is 2.18. The van der Waals surface area contributed by atoms with Gasteiger partial charge in [-0.15, -0.1) is 0 Å². The van der Waals surface area contributed by atoms with Gasteiger partial charge in [0.05, 0.1) is 12.2 Å². The molecule has 0 heterocycles. The van der Waals surface area contributed by atoms with E-state index in [9.17, 15) is 9.59 Å². The molecule has 0 aliphatic rings. The van der Waals surface area contributed by atoms with Crippen LogP contribution in [0.25, 0.3) is 0 Å². The Hall–Kier alpha value is -2.82. The molecule has 0 spiro atoms. The Balaban J connectivity index is 2.13. The summed E-state index contributed by atoms with van der Waals surface area (Å²) >= 11 is 0. The van der Waals surface area contributed by atoms with Crippen molar-refractivity contribution in [1.29, 1.82) is 0 Å². The second kappa shape index (κ2) is 7.98. The van der Waals surface area contributed by atoms with E-state index in [2.05, 4.69) is 0 Å². The van der Waals surface area contributed by atoms with Crippen LogP contribution in [0.2, 0.25) is 0 Å². The maximum atomic E-state index is 12.1. The Bertz CT molecular complexity index is 652. The summed E-state index contributed by atoms with van der Waals surface area (Å²) in [5.74, 6) is -0.969. The molecule has 0 bridgehead atoms. The van der Waals surface area contributed by atoms with Crippen molar-refractivity contribution in [2.24, 2.45) is 0 Å². The molecule has 0 unspecified atom stereocenters. The van der Waals surface area contributed by atoms with Crippen molar-refractivity contribution in [3.63, 3.8) is 0 Å². The predicted octanol–water partition coefficient (Wildman–Crippen LogP) is 3.54. The monoisotopic (exact) mass is 313 g/mol. The van der Waals surface area contributed by atoms with E-state index in [1.165, 1.54) is 12.1 Å². The molecule has 0 atom stereocenters. The van der Waals surface area contributed by atoms with Gasteiger partial charge in [-0.25, -0.2) is 9.59 Å². The first kappa shape index (κ1) is 16.5. The molecule has 2 aromatic carbocycles. The summed E-state index contributed by atoms with van der Waals surface area (Å²) in [4.78, 5) is 24.6. The van der Waals surface area contributed by atoms with Gasteiger partial charge in [0.2, 0.25) is 0 Å². The summed E-state index contributed by atoms with van der Waals surface area (Å²) in [6.45, 7) is 2.86. The molecule has 5 nitrogen and oxygen atoms in total. The van der Waals surface area contributed by atoms with Crippen molar-refractivity contribution in [2.75, 3.05) is 6.61 Å². The summed E-state index contributed by atoms with van der Waals surface area (Å²) in [5.41, 5.74) is 2.07. The van der Waals surface area contributed by atoms with Crippen LogP contribution in [0.1, 0.15) is 28.4 Å². The van der Waals surface area contributed by atoms with Gasteiger partial charge in [-0.1, -0.05) is 42.5 Å². The molecule has 0 aliphatic heterocycles. The van der Waals surface area contributed by atoms with Gasteiger partial charge < -0.3 is 9.84 Å². The summed E-state index contributed by atoms with van der Waals surface area (Å²) in [5, 5.41) is 8.93. The van der Waals surface area contributed by atoms with E-state index in [0.717, 1.165) is 11.1 Å². The zero-order valence-electron chi connectivity index (χ0n) is 12.9. The summed E-state index contributed by atoms with van der Waals surface area (Å²) in [6.07, 6.45) is -0.390. The Kier molecular flexibility index (Phi) is 5.74. The lowest BCUT2D eigenvalue weighted by molar-refractivity contribution is 0.0696. The van der Waals surface area contributed by atoms with Crippen LogP contribution in [0.3, 0.4) is 0 Å². The Morgan fingerprint density at radius 3 is 2.04 bits per heavy atom. The lowest BCUT2D eigenvalue weighted by Crippen LogP contribution is -2.30. The number of aromatic carboxylic acids is 1. The highest BCUT2D eigenvalue weighted by atomic mass is 16.6. The van der Waals surface area contributed by atoms with E-state index in [0.29, 0.717) is 19.7 Å². The first-order valence-corrected chi connectivity index (χ1v) is 7.38. The van der Waals surface area contributed by atoms with Crippen LogP contribution in [0.5, 0.6) is 0 Å². The third kappa shape index (κ3) is 4.85. The highest BCUT2D eigenvalue weighted by Gasteiger charge is 2.16. The Labute approximate surface area is 135 Å². The normalized spacial score (nSPS) is 10.1. The Morgan fingerprint density at radius 1 is 0.957 bits per heavy atom. The molecule has 2 aromatic rings. The van der Waals surface area contributed by atoms with Crippen LogP contribution in [0, 0.1) is 0 Å². The van der Waals surface area contributed by atoms with Crippen molar-refractivity contribution in [2.45, 2.75) is 20.0 Å². The quantitative estimate of drug-likeness (QED) is 0.885. The second-order valence-corrected chi connectivity index (χ2v) is 5.04. The average molecular weight is 313 g/mol. The number of carbonyl (C=O) groups excluding carboxylic acids is 1. The van der Waals surface area contributed by atoms with Crippen molar-refractivity contribution < 1.29 is 19.4 Å². The minimum atomic E-state index is -0.969. The molecule has 2 rings (SSSR count). The van der Waals surface area contributed by atoms with E-state index in [4.69, 9.17) is 9.84 Å². The van der Waals surface area contributed by atoms with Gasteiger partial charge in [-0.3, -0.25) is 4.90 Å². The molecule has 0 fully saturated rings. The SMILES string of the molecule is CCOC(=O)N(Cc1ccccc1)Cc1ccc(C(=O)O)cc1. The molecule has 1 N–H and O–H groups in total. The van der Waals surface area contributed by atoms with E-state index < -0.39 is 12.1 Å². The zero-order valence-corrected chi connectivity index (χ0v) is 12.9. The highest BCUT2D eigenvalue weighted by molar-refractivity contribution is 5.87. The van der Waals surface area contributed by atoms with E-state index in [1.54, 1.807) is 24.0 Å². The van der Waals surface area contributed by atoms with Crippen LogP contribution in [0.4, 0.5) is 4.79 Å². The number of hydrogen-bond donors (Lipinski definition) is 1. The second-order valence-electron chi connectivity index (χ2n) is 5.04. The topological polar surface area (TPSA) is 66.8 Å². The minimum Gasteiger partial charge on any atom is -0.478 e. The van der Waals surface area contributed by atoms with Gasteiger partial charge in [0, 0.05) is 13.1 Å². The number of hydrogen-bond acceptors (Lipinski definition) is 3. The summed E-state index contributed by atoms with van der Waals surface area (Å²) in [7, 11) is 0. The number of carbonyl (C=O) groups is 2. The van der Waals surface area contributed by atoms with Crippen LogP contribution in [0.15, 0.2) is 54.6 Å². The summed E-state index contributed by atoms with van der Waals surface area (Å²) < 4.78 is 5.10. The maximum Gasteiger partial charge on any atom is 0.410 e. The number of benzene rings is 2. The van der Waals surface area contributed by atoms with E-state index >= 15 is 0 Å².